The van der Waals surface area contributed by atoms with E-state index in [9.17, 15) is 24.3 Å². The number of hydrogen-bond donors (Lipinski definition) is 3. The molecule has 54 heavy (non-hydrogen) atoms. The van der Waals surface area contributed by atoms with E-state index in [0.29, 0.717) is 32.1 Å². The molecule has 3 aromatic rings. The van der Waals surface area contributed by atoms with Crippen molar-refractivity contribution in [1.29, 1.82) is 0 Å². The molecule has 0 radical (unpaired) electrons. The topological polar surface area (TPSA) is 143 Å². The Hall–Kier alpha value is -3.98. The van der Waals surface area contributed by atoms with Crippen LogP contribution in [0.15, 0.2) is 91.1 Å². The zero-order valence-corrected chi connectivity index (χ0v) is 33.6. The Morgan fingerprint density at radius 3 is 2.41 bits per heavy atom. The van der Waals surface area contributed by atoms with Gasteiger partial charge in [0, 0.05) is 58.7 Å². The molecule has 284 valence electrons. The molecule has 1 unspecified atom stereocenters. The van der Waals surface area contributed by atoms with Crippen molar-refractivity contribution < 1.29 is 34.0 Å². The maximum atomic E-state index is 12.3. The highest BCUT2D eigenvalue weighted by atomic mass is 32.2. The monoisotopic (exact) mass is 804 g/mol. The van der Waals surface area contributed by atoms with Crippen LogP contribution in [0, 0.1) is 5.92 Å². The van der Waals surface area contributed by atoms with Crippen molar-refractivity contribution in [1.82, 2.24) is 10.6 Å². The van der Waals surface area contributed by atoms with Gasteiger partial charge in [-0.1, -0.05) is 35.3 Å². The van der Waals surface area contributed by atoms with Gasteiger partial charge in [-0.3, -0.25) is 14.4 Å². The molecule has 14 heteroatoms. The molecule has 3 aliphatic rings. The maximum Gasteiger partial charge on any atom is 0.303 e. The van der Waals surface area contributed by atoms with Gasteiger partial charge in [0.15, 0.2) is 6.54 Å². The molecule has 1 aliphatic heterocycles. The van der Waals surface area contributed by atoms with Gasteiger partial charge in [-0.15, -0.1) is 23.5 Å². The van der Waals surface area contributed by atoms with Crippen molar-refractivity contribution in [2.24, 2.45) is 5.92 Å². The zero-order valence-electron chi connectivity index (χ0n) is 30.4. The number of hydrogen-bond acceptors (Lipinski definition) is 10. The predicted octanol–water partition coefficient (Wildman–Crippen LogP) is 6.15. The summed E-state index contributed by atoms with van der Waals surface area (Å²) in [7, 11) is 0. The Labute approximate surface area is 332 Å². The lowest BCUT2D eigenvalue weighted by molar-refractivity contribution is -0.666. The fourth-order valence-corrected chi connectivity index (χ4v) is 10.0. The fourth-order valence-electron chi connectivity index (χ4n) is 6.87. The van der Waals surface area contributed by atoms with Crippen LogP contribution in [0.25, 0.3) is 16.3 Å². The number of thioether (sulfide) groups is 3. The summed E-state index contributed by atoms with van der Waals surface area (Å²) < 4.78 is 3.42. The summed E-state index contributed by atoms with van der Waals surface area (Å²) in [5.74, 6) is -2.26. The Morgan fingerprint density at radius 1 is 0.926 bits per heavy atom. The van der Waals surface area contributed by atoms with Crippen molar-refractivity contribution >= 4 is 92.4 Å². The van der Waals surface area contributed by atoms with Crippen LogP contribution in [-0.2, 0) is 25.7 Å². The Balaban J connectivity index is 1.23. The highest BCUT2D eigenvalue weighted by molar-refractivity contribution is 8.03. The van der Waals surface area contributed by atoms with Gasteiger partial charge < -0.3 is 30.5 Å². The summed E-state index contributed by atoms with van der Waals surface area (Å²) in [5, 5.41) is 27.7. The van der Waals surface area contributed by atoms with E-state index in [2.05, 4.69) is 93.3 Å². The second kappa shape index (κ2) is 18.6. The highest BCUT2D eigenvalue weighted by Crippen LogP contribution is 2.48. The minimum absolute atomic E-state index is 0.0336. The van der Waals surface area contributed by atoms with Crippen LogP contribution in [0.3, 0.4) is 0 Å². The largest absolute Gasteiger partial charge is 0.550 e. The van der Waals surface area contributed by atoms with Gasteiger partial charge in [0.2, 0.25) is 17.3 Å². The van der Waals surface area contributed by atoms with Crippen molar-refractivity contribution in [3.05, 3.63) is 81.4 Å². The minimum atomic E-state index is -1.23. The third-order valence-corrected chi connectivity index (χ3v) is 13.3. The second-order valence-electron chi connectivity index (χ2n) is 13.3. The first-order valence-electron chi connectivity index (χ1n) is 18.0. The van der Waals surface area contributed by atoms with Crippen LogP contribution in [0.4, 0.5) is 5.69 Å². The zero-order chi connectivity index (χ0) is 38.2. The first kappa shape index (κ1) is 39.7. The Bertz CT molecular complexity index is 2070. The molecule has 1 atom stereocenters. The highest BCUT2D eigenvalue weighted by Gasteiger charge is 2.28. The van der Waals surface area contributed by atoms with E-state index < -0.39 is 11.9 Å². The quantitative estimate of drug-likeness (QED) is 0.114. The van der Waals surface area contributed by atoms with Gasteiger partial charge in [-0.25, -0.2) is 0 Å². The number of carbonyl (C=O) groups excluding carboxylic acids is 3. The molecule has 10 nitrogen and oxygen atoms in total. The fraction of sp³-hybridized carbons (Fsp3) is 0.375. The first-order chi connectivity index (χ1) is 26.1. The number of amides is 2. The molecule has 0 fully saturated rings. The number of allylic oxidation sites excluding steroid dienone is 6. The van der Waals surface area contributed by atoms with Gasteiger partial charge in [0.1, 0.15) is 4.70 Å². The predicted molar refractivity (Wildman–Crippen MR) is 217 cm³/mol. The third kappa shape index (κ3) is 10.2. The van der Waals surface area contributed by atoms with E-state index >= 15 is 0 Å². The molecule has 0 saturated heterocycles. The van der Waals surface area contributed by atoms with E-state index in [1.807, 2.05) is 0 Å². The lowest BCUT2D eigenvalue weighted by Gasteiger charge is -2.29. The van der Waals surface area contributed by atoms with Crippen LogP contribution in [-0.4, -0.2) is 61.0 Å². The molecule has 2 heterocycles. The standard InChI is InChI=1S/C40H44N4O6S4/c1-51-29-7-9-33-31(23-29)43(17-15-41-35(45)11-13-39(47)48)37(53-33)21-25-3-5-27-6-4-26(20-28(27)19-25)22-38-44(18-16-42-36(46)12-14-40(49)50)32-24-30(52-2)8-10-34(32)54-38/h7-10,19-24,27H,3-6,11-18H2,1-2H3,(H3-,41,42,45,46,47,48,49,50). The average Bonchev–Trinajstić information content (AvgIpc) is 3.68. The summed E-state index contributed by atoms with van der Waals surface area (Å²) in [6.45, 7) is 1.93. The number of aliphatic carboxylic acids is 2. The first-order valence-corrected chi connectivity index (χ1v) is 22.1. The molecule has 2 amide bonds. The van der Waals surface area contributed by atoms with Crippen molar-refractivity contribution in [2.75, 3.05) is 37.0 Å². The maximum absolute atomic E-state index is 12.3. The van der Waals surface area contributed by atoms with Crippen LogP contribution in [0.5, 0.6) is 0 Å². The Kier molecular flexibility index (Phi) is 13.7. The summed E-state index contributed by atoms with van der Waals surface area (Å²) >= 11 is 6.85. The SMILES string of the molecule is CSc1ccc2c(c1)N(CCNC(=O)CCC(=O)O)/C(=C/C1=CC3=C/C(=C/c4sc5ccc(SC)cc5[n+]4CCNC(=O)CCC(=O)[O-])CCC3CC1)S2. The molecule has 0 bridgehead atoms. The van der Waals surface area contributed by atoms with Crippen molar-refractivity contribution in [3.63, 3.8) is 0 Å². The van der Waals surface area contributed by atoms with Gasteiger partial charge in [-0.05, 0) is 104 Å². The number of carboxylic acid groups (broad SMARTS) is 2. The second-order valence-corrected chi connectivity index (χ2v) is 17.2. The van der Waals surface area contributed by atoms with Crippen LogP contribution >= 0.6 is 46.6 Å². The van der Waals surface area contributed by atoms with E-state index in [1.54, 1.807) is 46.6 Å². The van der Waals surface area contributed by atoms with Gasteiger partial charge in [0.25, 0.3) is 5.01 Å². The molecule has 3 N–H and O–H groups in total. The number of anilines is 1. The molecule has 2 aliphatic carbocycles. The number of nitrogens with zero attached hydrogens (tertiary/aromatic N) is 2. The van der Waals surface area contributed by atoms with E-state index in [1.165, 1.54) is 31.2 Å². The lowest BCUT2D eigenvalue weighted by atomic mass is 9.77. The van der Waals surface area contributed by atoms with Crippen LogP contribution in [0.1, 0.15) is 56.4 Å². The third-order valence-electron chi connectivity index (χ3n) is 9.67. The molecule has 2 aromatic carbocycles. The van der Waals surface area contributed by atoms with E-state index in [4.69, 9.17) is 5.11 Å². The summed E-state index contributed by atoms with van der Waals surface area (Å²) in [5.41, 5.74) is 6.10. The van der Waals surface area contributed by atoms with Gasteiger partial charge in [0.05, 0.1) is 23.7 Å². The summed E-state index contributed by atoms with van der Waals surface area (Å²) in [4.78, 5) is 52.0. The van der Waals surface area contributed by atoms with Gasteiger partial charge in [-0.2, -0.15) is 4.57 Å². The molecule has 0 spiro atoms. The normalized spacial score (nSPS) is 18.0. The molecule has 6 rings (SSSR count). The number of carbonyl (C=O) groups is 4. The smallest absolute Gasteiger partial charge is 0.303 e. The molecule has 0 saturated carbocycles. The summed E-state index contributed by atoms with van der Waals surface area (Å²) in [6.07, 6.45) is 16.9. The number of aromatic nitrogens is 1. The van der Waals surface area contributed by atoms with Crippen molar-refractivity contribution in [2.45, 2.75) is 72.6 Å². The Morgan fingerprint density at radius 2 is 1.65 bits per heavy atom. The van der Waals surface area contributed by atoms with E-state index in [0.717, 1.165) is 51.8 Å². The molecular formula is C40H44N4O6S4. The van der Waals surface area contributed by atoms with Crippen LogP contribution < -0.4 is 25.2 Å². The molecule has 1 aromatic heterocycles. The molecular weight excluding hydrogens is 761 g/mol. The number of nitrogens with one attached hydrogen (secondary N) is 2. The number of thiazole rings is 1. The lowest BCUT2D eigenvalue weighted by Crippen LogP contribution is -2.41. The number of rotatable bonds is 16. The number of fused-ring (bicyclic) bond motifs is 3. The van der Waals surface area contributed by atoms with Crippen LogP contribution in [0.2, 0.25) is 0 Å². The average molecular weight is 805 g/mol. The van der Waals surface area contributed by atoms with E-state index in [-0.39, 0.29) is 37.5 Å². The van der Waals surface area contributed by atoms with Gasteiger partial charge >= 0.3 is 5.97 Å². The number of carboxylic acids is 2. The minimum Gasteiger partial charge on any atom is -0.550 e. The number of benzene rings is 2. The van der Waals surface area contributed by atoms with Crippen molar-refractivity contribution in [3.8, 4) is 0 Å². The summed E-state index contributed by atoms with van der Waals surface area (Å²) in [6, 6.07) is 13.0.